The number of benzene rings is 1. The van der Waals surface area contributed by atoms with Crippen LogP contribution in [0.3, 0.4) is 0 Å². The van der Waals surface area contributed by atoms with Crippen molar-refractivity contribution in [3.8, 4) is 10.6 Å². The number of imide groups is 1. The van der Waals surface area contributed by atoms with Crippen LogP contribution in [0.15, 0.2) is 46.5 Å². The Morgan fingerprint density at radius 3 is 2.54 bits per heavy atom. The van der Waals surface area contributed by atoms with E-state index in [2.05, 4.69) is 24.1 Å². The first-order chi connectivity index (χ1) is 13.4. The van der Waals surface area contributed by atoms with Gasteiger partial charge in [0.2, 0.25) is 0 Å². The monoisotopic (exact) mass is 411 g/mol. The third-order valence-electron chi connectivity index (χ3n) is 5.07. The summed E-state index contributed by atoms with van der Waals surface area (Å²) in [5.41, 5.74) is 2.71. The number of urea groups is 1. The van der Waals surface area contributed by atoms with Crippen LogP contribution in [0.4, 0.5) is 4.79 Å². The van der Waals surface area contributed by atoms with Crippen molar-refractivity contribution >= 4 is 34.6 Å². The average Bonchev–Trinajstić information content (AvgIpc) is 3.40. The molecule has 0 radical (unpaired) electrons. The number of hydrogen-bond acceptors (Lipinski definition) is 5. The van der Waals surface area contributed by atoms with Crippen molar-refractivity contribution in [3.05, 3.63) is 63.3 Å². The fourth-order valence-electron chi connectivity index (χ4n) is 3.30. The maximum absolute atomic E-state index is 13.1. The van der Waals surface area contributed by atoms with Crippen LogP contribution in [0.2, 0.25) is 0 Å². The van der Waals surface area contributed by atoms with E-state index in [9.17, 15) is 9.59 Å². The summed E-state index contributed by atoms with van der Waals surface area (Å²) in [5, 5.41) is 9.71. The maximum Gasteiger partial charge on any atom is 0.325 e. The summed E-state index contributed by atoms with van der Waals surface area (Å²) >= 11 is 3.13. The molecule has 2 aromatic heterocycles. The summed E-state index contributed by atoms with van der Waals surface area (Å²) in [4.78, 5) is 31.5. The zero-order valence-corrected chi connectivity index (χ0v) is 17.6. The Morgan fingerprint density at radius 2 is 1.89 bits per heavy atom. The SMILES string of the molecule is CC(C)c1ccc([C@]2(C)NC(=O)N(Cc3csc(-c4ccsc4)n3)C2=O)cc1. The lowest BCUT2D eigenvalue weighted by Gasteiger charge is -2.22. The third kappa shape index (κ3) is 3.25. The molecule has 5 nitrogen and oxygen atoms in total. The molecule has 144 valence electrons. The summed E-state index contributed by atoms with van der Waals surface area (Å²) in [6.07, 6.45) is 0. The Bertz CT molecular complexity index is 1010. The minimum absolute atomic E-state index is 0.172. The minimum Gasteiger partial charge on any atom is -0.319 e. The lowest BCUT2D eigenvalue weighted by atomic mass is 9.90. The minimum atomic E-state index is -1.06. The van der Waals surface area contributed by atoms with Crippen molar-refractivity contribution in [2.24, 2.45) is 0 Å². The largest absolute Gasteiger partial charge is 0.325 e. The normalized spacial score (nSPS) is 19.5. The van der Waals surface area contributed by atoms with Gasteiger partial charge >= 0.3 is 6.03 Å². The molecule has 3 amide bonds. The van der Waals surface area contributed by atoms with Crippen molar-refractivity contribution < 1.29 is 9.59 Å². The zero-order valence-electron chi connectivity index (χ0n) is 15.9. The molecule has 3 heterocycles. The quantitative estimate of drug-likeness (QED) is 0.604. The summed E-state index contributed by atoms with van der Waals surface area (Å²) in [7, 11) is 0. The van der Waals surface area contributed by atoms with Crippen LogP contribution in [0.25, 0.3) is 10.6 Å². The summed E-state index contributed by atoms with van der Waals surface area (Å²) < 4.78 is 0. The summed E-state index contributed by atoms with van der Waals surface area (Å²) in [5.74, 6) is 0.161. The van der Waals surface area contributed by atoms with Gasteiger partial charge in [0.25, 0.3) is 5.91 Å². The molecule has 0 aliphatic carbocycles. The zero-order chi connectivity index (χ0) is 19.9. The molecule has 0 saturated carbocycles. The molecule has 1 aromatic carbocycles. The topological polar surface area (TPSA) is 62.3 Å². The molecule has 0 unspecified atom stereocenters. The van der Waals surface area contributed by atoms with E-state index in [4.69, 9.17) is 0 Å². The summed E-state index contributed by atoms with van der Waals surface area (Å²) in [6.45, 7) is 6.18. The van der Waals surface area contributed by atoms with E-state index in [-0.39, 0.29) is 18.5 Å². The van der Waals surface area contributed by atoms with Gasteiger partial charge < -0.3 is 5.32 Å². The smallest absolute Gasteiger partial charge is 0.319 e. The highest BCUT2D eigenvalue weighted by Crippen LogP contribution is 2.32. The Hall–Kier alpha value is -2.51. The number of aromatic nitrogens is 1. The standard InChI is InChI=1S/C21H21N3O2S2/c1-13(2)14-4-6-16(7-5-14)21(3)19(25)24(20(26)23-21)10-17-12-28-18(22-17)15-8-9-27-11-15/h4-9,11-13H,10H2,1-3H3,(H,23,26)/t21-/m0/s1. The summed E-state index contributed by atoms with van der Waals surface area (Å²) in [6, 6.07) is 9.51. The molecule has 3 aromatic rings. The van der Waals surface area contributed by atoms with E-state index in [0.29, 0.717) is 11.6 Å². The van der Waals surface area contributed by atoms with Crippen LogP contribution in [0.5, 0.6) is 0 Å². The Kier molecular flexibility index (Phi) is 4.81. The van der Waals surface area contributed by atoms with Gasteiger partial charge in [-0.05, 0) is 35.4 Å². The number of nitrogens with zero attached hydrogens (tertiary/aromatic N) is 2. The first-order valence-corrected chi connectivity index (χ1v) is 10.9. The molecule has 1 N–H and O–H groups in total. The molecular weight excluding hydrogens is 390 g/mol. The number of rotatable bonds is 5. The van der Waals surface area contributed by atoms with Crippen molar-refractivity contribution in [2.45, 2.75) is 38.8 Å². The lowest BCUT2D eigenvalue weighted by molar-refractivity contribution is -0.131. The predicted molar refractivity (Wildman–Crippen MR) is 112 cm³/mol. The second-order valence-electron chi connectivity index (χ2n) is 7.38. The predicted octanol–water partition coefficient (Wildman–Crippen LogP) is 4.96. The molecule has 1 atom stereocenters. The molecule has 1 aliphatic heterocycles. The average molecular weight is 412 g/mol. The molecule has 1 saturated heterocycles. The van der Waals surface area contributed by atoms with Gasteiger partial charge in [0, 0.05) is 16.3 Å². The molecule has 1 aliphatic rings. The van der Waals surface area contributed by atoms with Crippen LogP contribution in [0.1, 0.15) is 43.5 Å². The second kappa shape index (κ2) is 7.14. The molecule has 0 bridgehead atoms. The first-order valence-electron chi connectivity index (χ1n) is 9.10. The maximum atomic E-state index is 13.1. The Morgan fingerprint density at radius 1 is 1.14 bits per heavy atom. The van der Waals surface area contributed by atoms with E-state index in [1.807, 2.05) is 46.5 Å². The Balaban J connectivity index is 1.55. The first kappa shape index (κ1) is 18.8. The number of hydrogen-bond donors (Lipinski definition) is 1. The molecule has 28 heavy (non-hydrogen) atoms. The van der Waals surface area contributed by atoms with Gasteiger partial charge in [-0.25, -0.2) is 9.78 Å². The van der Waals surface area contributed by atoms with Crippen LogP contribution in [-0.2, 0) is 16.9 Å². The molecule has 7 heteroatoms. The number of thiazole rings is 1. The Labute approximate surface area is 172 Å². The second-order valence-corrected chi connectivity index (χ2v) is 9.02. The van der Waals surface area contributed by atoms with Crippen molar-refractivity contribution in [1.29, 1.82) is 0 Å². The third-order valence-corrected chi connectivity index (χ3v) is 6.69. The highest BCUT2D eigenvalue weighted by molar-refractivity contribution is 7.14. The molecule has 0 spiro atoms. The van der Waals surface area contributed by atoms with Gasteiger partial charge in [-0.3, -0.25) is 9.69 Å². The van der Waals surface area contributed by atoms with Crippen LogP contribution >= 0.6 is 22.7 Å². The van der Waals surface area contributed by atoms with E-state index in [1.54, 1.807) is 18.3 Å². The molecular formula is C21H21N3O2S2. The van der Waals surface area contributed by atoms with Crippen molar-refractivity contribution in [2.75, 3.05) is 0 Å². The van der Waals surface area contributed by atoms with Gasteiger partial charge in [-0.1, -0.05) is 38.1 Å². The lowest BCUT2D eigenvalue weighted by Crippen LogP contribution is -2.40. The van der Waals surface area contributed by atoms with Gasteiger partial charge in [-0.15, -0.1) is 11.3 Å². The van der Waals surface area contributed by atoms with E-state index < -0.39 is 5.54 Å². The molecule has 1 fully saturated rings. The van der Waals surface area contributed by atoms with E-state index >= 15 is 0 Å². The number of nitrogens with one attached hydrogen (secondary N) is 1. The highest BCUT2D eigenvalue weighted by atomic mass is 32.1. The van der Waals surface area contributed by atoms with Gasteiger partial charge in [-0.2, -0.15) is 11.3 Å². The van der Waals surface area contributed by atoms with Crippen LogP contribution in [0, 0.1) is 0 Å². The molecule has 4 rings (SSSR count). The number of amides is 3. The fraction of sp³-hybridized carbons (Fsp3) is 0.286. The van der Waals surface area contributed by atoms with Crippen molar-refractivity contribution in [1.82, 2.24) is 15.2 Å². The van der Waals surface area contributed by atoms with Crippen molar-refractivity contribution in [3.63, 3.8) is 0 Å². The highest BCUT2D eigenvalue weighted by Gasteiger charge is 2.49. The van der Waals surface area contributed by atoms with Crippen LogP contribution < -0.4 is 5.32 Å². The number of carbonyl (C=O) groups excluding carboxylic acids is 2. The van der Waals surface area contributed by atoms with E-state index in [1.165, 1.54) is 21.8 Å². The van der Waals surface area contributed by atoms with Gasteiger partial charge in [0.1, 0.15) is 10.5 Å². The van der Waals surface area contributed by atoms with Crippen LogP contribution in [-0.4, -0.2) is 21.8 Å². The van der Waals surface area contributed by atoms with E-state index in [0.717, 1.165) is 16.1 Å². The number of thiophene rings is 1. The van der Waals surface area contributed by atoms with Gasteiger partial charge in [0.15, 0.2) is 0 Å². The van der Waals surface area contributed by atoms with Gasteiger partial charge in [0.05, 0.1) is 12.2 Å². The number of carbonyl (C=O) groups is 2. The fourth-order valence-corrected chi connectivity index (χ4v) is 4.82.